The van der Waals surface area contributed by atoms with Crippen LogP contribution in [0.4, 0.5) is 4.39 Å². The first kappa shape index (κ1) is 7.94. The molecule has 1 aliphatic carbocycles. The van der Waals surface area contributed by atoms with E-state index in [9.17, 15) is 4.39 Å². The van der Waals surface area contributed by atoms with Crippen molar-refractivity contribution in [2.75, 3.05) is 0 Å². The van der Waals surface area contributed by atoms with E-state index in [0.717, 1.165) is 12.8 Å². The summed E-state index contributed by atoms with van der Waals surface area (Å²) < 4.78 is 12.8. The Bertz CT molecular complexity index is 99.1. The molecule has 0 bridgehead atoms. The third kappa shape index (κ3) is 2.16. The van der Waals surface area contributed by atoms with Crippen LogP contribution in [0.1, 0.15) is 19.3 Å². The maximum Gasteiger partial charge on any atom is 0.107 e. The van der Waals surface area contributed by atoms with Crippen molar-refractivity contribution in [1.82, 2.24) is 0 Å². The average molecular weight is 213 g/mol. The molecular weight excluding hydrogens is 202 g/mol. The number of alkyl halides is 2. The highest BCUT2D eigenvalue weighted by Gasteiger charge is 2.25. The van der Waals surface area contributed by atoms with E-state index in [0.29, 0.717) is 11.2 Å². The minimum Gasteiger partial charge on any atom is -0.247 e. The summed E-state index contributed by atoms with van der Waals surface area (Å²) in [4.78, 5) is 0.421. The van der Waals surface area contributed by atoms with Crippen molar-refractivity contribution in [2.45, 2.75) is 35.9 Å². The van der Waals surface area contributed by atoms with Gasteiger partial charge in [-0.1, -0.05) is 15.9 Å². The SMILES string of the molecule is FC1CC(Br)CCC1P. The van der Waals surface area contributed by atoms with Gasteiger partial charge in [0.15, 0.2) is 0 Å². The second kappa shape index (κ2) is 3.30. The molecule has 0 radical (unpaired) electrons. The lowest BCUT2D eigenvalue weighted by Crippen LogP contribution is -2.26. The Kier molecular flexibility index (Phi) is 2.91. The minimum absolute atomic E-state index is 0.207. The van der Waals surface area contributed by atoms with Gasteiger partial charge in [-0.05, 0) is 19.3 Å². The first-order valence-corrected chi connectivity index (χ1v) is 4.82. The van der Waals surface area contributed by atoms with E-state index in [1.807, 2.05) is 0 Å². The molecule has 0 heterocycles. The van der Waals surface area contributed by atoms with Crippen LogP contribution in [0.2, 0.25) is 0 Å². The summed E-state index contributed by atoms with van der Waals surface area (Å²) in [6.07, 6.45) is 2.21. The minimum atomic E-state index is -0.604. The van der Waals surface area contributed by atoms with Gasteiger partial charge in [0.25, 0.3) is 0 Å². The summed E-state index contributed by atoms with van der Waals surface area (Å²) in [6, 6.07) is 0. The topological polar surface area (TPSA) is 0 Å². The van der Waals surface area contributed by atoms with Gasteiger partial charge in [0, 0.05) is 10.5 Å². The van der Waals surface area contributed by atoms with Gasteiger partial charge < -0.3 is 0 Å². The molecule has 1 rings (SSSR count). The lowest BCUT2D eigenvalue weighted by atomic mass is 9.98. The molecular formula is C6H11BrFP. The largest absolute Gasteiger partial charge is 0.247 e. The molecule has 0 aromatic carbocycles. The van der Waals surface area contributed by atoms with E-state index in [1.165, 1.54) is 0 Å². The fourth-order valence-corrected chi connectivity index (χ4v) is 2.06. The first-order chi connectivity index (χ1) is 4.20. The highest BCUT2D eigenvalue weighted by molar-refractivity contribution is 9.09. The smallest absolute Gasteiger partial charge is 0.107 e. The molecule has 0 aromatic heterocycles. The molecule has 0 spiro atoms. The van der Waals surface area contributed by atoms with Crippen molar-refractivity contribution in [1.29, 1.82) is 0 Å². The summed E-state index contributed by atoms with van der Waals surface area (Å²) in [5.74, 6) is 0. The molecule has 1 saturated carbocycles. The fraction of sp³-hybridized carbons (Fsp3) is 1.00. The van der Waals surface area contributed by atoms with E-state index >= 15 is 0 Å². The van der Waals surface area contributed by atoms with Crippen LogP contribution in [0.5, 0.6) is 0 Å². The van der Waals surface area contributed by atoms with Gasteiger partial charge in [-0.15, -0.1) is 9.24 Å². The third-order valence-electron chi connectivity index (χ3n) is 1.76. The molecule has 3 heteroatoms. The summed E-state index contributed by atoms with van der Waals surface area (Å²) in [5.41, 5.74) is 0.207. The quantitative estimate of drug-likeness (QED) is 0.428. The van der Waals surface area contributed by atoms with Crippen molar-refractivity contribution in [2.24, 2.45) is 0 Å². The predicted molar refractivity (Wildman–Crippen MR) is 45.0 cm³/mol. The number of rotatable bonds is 0. The van der Waals surface area contributed by atoms with E-state index in [1.54, 1.807) is 0 Å². The zero-order valence-electron chi connectivity index (χ0n) is 5.19. The second-order valence-electron chi connectivity index (χ2n) is 2.59. The van der Waals surface area contributed by atoms with Crippen LogP contribution in [-0.2, 0) is 0 Å². The Hall–Kier alpha value is 0.840. The van der Waals surface area contributed by atoms with Gasteiger partial charge in [-0.2, -0.15) is 0 Å². The van der Waals surface area contributed by atoms with Gasteiger partial charge in [-0.25, -0.2) is 4.39 Å². The van der Waals surface area contributed by atoms with Gasteiger partial charge in [0.2, 0.25) is 0 Å². The molecule has 4 unspecified atom stereocenters. The fourth-order valence-electron chi connectivity index (χ4n) is 1.09. The monoisotopic (exact) mass is 212 g/mol. The number of halogens is 2. The molecule has 54 valence electrons. The predicted octanol–water partition coefficient (Wildman–Crippen LogP) is 2.52. The summed E-state index contributed by atoms with van der Waals surface area (Å²) in [5, 5.41) is 0. The molecule has 9 heavy (non-hydrogen) atoms. The molecule has 0 aromatic rings. The van der Waals surface area contributed by atoms with Crippen molar-refractivity contribution < 1.29 is 4.39 Å². The zero-order chi connectivity index (χ0) is 6.85. The first-order valence-electron chi connectivity index (χ1n) is 3.24. The van der Waals surface area contributed by atoms with E-state index in [-0.39, 0.29) is 5.66 Å². The van der Waals surface area contributed by atoms with Crippen LogP contribution in [0.25, 0.3) is 0 Å². The van der Waals surface area contributed by atoms with Crippen LogP contribution in [0.3, 0.4) is 0 Å². The van der Waals surface area contributed by atoms with Gasteiger partial charge >= 0.3 is 0 Å². The van der Waals surface area contributed by atoms with E-state index < -0.39 is 6.17 Å². The Labute approximate surface area is 65.9 Å². The maximum absolute atomic E-state index is 12.8. The summed E-state index contributed by atoms with van der Waals surface area (Å²) in [6.45, 7) is 0. The van der Waals surface area contributed by atoms with Gasteiger partial charge in [0.1, 0.15) is 6.17 Å². The zero-order valence-corrected chi connectivity index (χ0v) is 7.93. The number of hydrogen-bond donors (Lipinski definition) is 0. The standard InChI is InChI=1S/C6H11BrFP/c7-4-1-2-6(9)5(8)3-4/h4-6H,1-3,9H2. The van der Waals surface area contributed by atoms with Crippen LogP contribution in [0.15, 0.2) is 0 Å². The molecule has 1 fully saturated rings. The Morgan fingerprint density at radius 3 is 2.56 bits per heavy atom. The van der Waals surface area contributed by atoms with Crippen molar-refractivity contribution >= 4 is 25.2 Å². The van der Waals surface area contributed by atoms with Crippen LogP contribution in [-0.4, -0.2) is 16.7 Å². The van der Waals surface area contributed by atoms with Crippen molar-refractivity contribution in [3.8, 4) is 0 Å². The average Bonchev–Trinajstić information content (AvgIpc) is 1.80. The Balaban J connectivity index is 2.35. The van der Waals surface area contributed by atoms with Crippen LogP contribution in [0, 0.1) is 0 Å². The number of hydrogen-bond acceptors (Lipinski definition) is 0. The molecule has 0 saturated heterocycles. The lowest BCUT2D eigenvalue weighted by molar-refractivity contribution is 0.266. The maximum atomic E-state index is 12.8. The molecule has 0 amide bonds. The van der Waals surface area contributed by atoms with E-state index in [2.05, 4.69) is 25.2 Å². The lowest BCUT2D eigenvalue weighted by Gasteiger charge is -2.25. The van der Waals surface area contributed by atoms with Crippen LogP contribution >= 0.6 is 25.2 Å². The molecule has 0 aliphatic heterocycles. The Morgan fingerprint density at radius 2 is 2.11 bits per heavy atom. The molecule has 0 nitrogen and oxygen atoms in total. The molecule has 0 N–H and O–H groups in total. The molecule has 1 aliphatic rings. The highest BCUT2D eigenvalue weighted by Crippen LogP contribution is 2.30. The highest BCUT2D eigenvalue weighted by atomic mass is 79.9. The molecule has 4 atom stereocenters. The second-order valence-corrected chi connectivity index (χ2v) is 4.74. The Morgan fingerprint density at radius 1 is 1.44 bits per heavy atom. The van der Waals surface area contributed by atoms with Gasteiger partial charge in [0.05, 0.1) is 0 Å². The third-order valence-corrected chi connectivity index (χ3v) is 3.34. The van der Waals surface area contributed by atoms with Crippen molar-refractivity contribution in [3.05, 3.63) is 0 Å². The van der Waals surface area contributed by atoms with Crippen molar-refractivity contribution in [3.63, 3.8) is 0 Å². The van der Waals surface area contributed by atoms with Gasteiger partial charge in [-0.3, -0.25) is 0 Å². The van der Waals surface area contributed by atoms with Crippen LogP contribution < -0.4 is 0 Å². The summed E-state index contributed by atoms with van der Waals surface area (Å²) in [7, 11) is 2.57. The van der Waals surface area contributed by atoms with E-state index in [4.69, 9.17) is 0 Å². The summed E-state index contributed by atoms with van der Waals surface area (Å²) >= 11 is 3.41. The normalized spacial score (nSPS) is 45.0.